The van der Waals surface area contributed by atoms with Gasteiger partial charge in [-0.25, -0.2) is 0 Å². The number of thioether (sulfide) groups is 1. The molecular weight excluding hydrogens is 392 g/mol. The summed E-state index contributed by atoms with van der Waals surface area (Å²) in [5.41, 5.74) is 2.78. The zero-order chi connectivity index (χ0) is 20.2. The second-order valence-electron chi connectivity index (χ2n) is 6.11. The van der Waals surface area contributed by atoms with Crippen molar-refractivity contribution >= 4 is 11.8 Å². The summed E-state index contributed by atoms with van der Waals surface area (Å²) in [5, 5.41) is 12.6. The summed E-state index contributed by atoms with van der Waals surface area (Å²) in [4.78, 5) is 4.42. The van der Waals surface area contributed by atoms with E-state index in [0.29, 0.717) is 40.1 Å². The predicted molar refractivity (Wildman–Crippen MR) is 107 cm³/mol. The van der Waals surface area contributed by atoms with Gasteiger partial charge in [0.1, 0.15) is 0 Å². The van der Waals surface area contributed by atoms with Gasteiger partial charge in [0, 0.05) is 11.1 Å². The van der Waals surface area contributed by atoms with Gasteiger partial charge in [-0.3, -0.25) is 0 Å². The van der Waals surface area contributed by atoms with E-state index >= 15 is 0 Å². The van der Waals surface area contributed by atoms with E-state index < -0.39 is 0 Å². The Kier molecular flexibility index (Phi) is 5.48. The highest BCUT2D eigenvalue weighted by Gasteiger charge is 2.14. The van der Waals surface area contributed by atoms with Crippen molar-refractivity contribution < 1.29 is 18.4 Å². The molecule has 0 spiro atoms. The molecule has 0 fully saturated rings. The van der Waals surface area contributed by atoms with Crippen LogP contribution < -0.4 is 9.47 Å². The standard InChI is InChI=1S/C20H18N4O4S/c1-12-5-4-6-14(9-12)19-22-23-20(27-19)29-11-17-21-18(24-28-17)13-7-8-15(25-2)16(10-13)26-3/h4-10H,11H2,1-3H3. The van der Waals surface area contributed by atoms with E-state index in [2.05, 4.69) is 20.3 Å². The second kappa shape index (κ2) is 8.36. The number of hydrogen-bond donors (Lipinski definition) is 0. The molecule has 0 atom stereocenters. The largest absolute Gasteiger partial charge is 0.493 e. The van der Waals surface area contributed by atoms with Crippen molar-refractivity contribution in [3.05, 3.63) is 53.9 Å². The van der Waals surface area contributed by atoms with Crippen molar-refractivity contribution in [1.29, 1.82) is 0 Å². The molecule has 2 heterocycles. The van der Waals surface area contributed by atoms with Gasteiger partial charge in [0.15, 0.2) is 11.5 Å². The smallest absolute Gasteiger partial charge is 0.277 e. The highest BCUT2D eigenvalue weighted by atomic mass is 32.2. The number of rotatable bonds is 7. The molecule has 0 aliphatic rings. The molecule has 0 N–H and O–H groups in total. The molecule has 4 rings (SSSR count). The van der Waals surface area contributed by atoms with Gasteiger partial charge >= 0.3 is 0 Å². The molecule has 0 amide bonds. The third kappa shape index (κ3) is 4.24. The van der Waals surface area contributed by atoms with Crippen LogP contribution in [0, 0.1) is 6.92 Å². The van der Waals surface area contributed by atoms with Gasteiger partial charge in [0.25, 0.3) is 5.22 Å². The van der Waals surface area contributed by atoms with E-state index in [1.165, 1.54) is 11.8 Å². The highest BCUT2D eigenvalue weighted by molar-refractivity contribution is 7.98. The zero-order valence-corrected chi connectivity index (χ0v) is 16.9. The van der Waals surface area contributed by atoms with Crippen molar-refractivity contribution in [3.8, 4) is 34.3 Å². The molecule has 2 aromatic heterocycles. The van der Waals surface area contributed by atoms with Crippen LogP contribution in [0.25, 0.3) is 22.8 Å². The summed E-state index contributed by atoms with van der Waals surface area (Å²) < 4.78 is 21.6. The van der Waals surface area contributed by atoms with Crippen LogP contribution in [0.5, 0.6) is 11.5 Å². The minimum absolute atomic E-state index is 0.412. The Morgan fingerprint density at radius 1 is 0.966 bits per heavy atom. The van der Waals surface area contributed by atoms with E-state index in [4.69, 9.17) is 18.4 Å². The van der Waals surface area contributed by atoms with Crippen LogP contribution in [0.1, 0.15) is 11.5 Å². The first-order chi connectivity index (χ1) is 14.2. The van der Waals surface area contributed by atoms with Gasteiger partial charge in [-0.2, -0.15) is 4.98 Å². The van der Waals surface area contributed by atoms with Gasteiger partial charge in [0.05, 0.1) is 20.0 Å². The molecule has 0 aliphatic heterocycles. The summed E-state index contributed by atoms with van der Waals surface area (Å²) in [7, 11) is 3.17. The molecule has 0 saturated carbocycles. The maximum atomic E-state index is 5.71. The molecule has 0 unspecified atom stereocenters. The lowest BCUT2D eigenvalue weighted by Gasteiger charge is -2.07. The number of benzene rings is 2. The number of aromatic nitrogens is 4. The van der Waals surface area contributed by atoms with Crippen LogP contribution in [0.4, 0.5) is 0 Å². The zero-order valence-electron chi connectivity index (χ0n) is 16.1. The van der Waals surface area contributed by atoms with E-state index in [1.54, 1.807) is 26.4 Å². The van der Waals surface area contributed by atoms with Crippen LogP contribution in [-0.4, -0.2) is 34.6 Å². The van der Waals surface area contributed by atoms with Gasteiger partial charge in [-0.05, 0) is 37.3 Å². The Hall–Kier alpha value is -3.33. The van der Waals surface area contributed by atoms with Gasteiger partial charge in [-0.15, -0.1) is 10.2 Å². The van der Waals surface area contributed by atoms with Crippen molar-refractivity contribution in [1.82, 2.24) is 20.3 Å². The minimum Gasteiger partial charge on any atom is -0.493 e. The topological polar surface area (TPSA) is 96.3 Å². The fraction of sp³-hybridized carbons (Fsp3) is 0.200. The van der Waals surface area contributed by atoms with E-state index in [-0.39, 0.29) is 0 Å². The molecule has 29 heavy (non-hydrogen) atoms. The van der Waals surface area contributed by atoms with Crippen LogP contribution in [0.2, 0.25) is 0 Å². The van der Waals surface area contributed by atoms with Crippen molar-refractivity contribution in [2.45, 2.75) is 17.9 Å². The molecule has 9 heteroatoms. The number of aryl methyl sites for hydroxylation is 1. The van der Waals surface area contributed by atoms with Crippen LogP contribution >= 0.6 is 11.8 Å². The van der Waals surface area contributed by atoms with E-state index in [1.807, 2.05) is 37.3 Å². The average molecular weight is 410 g/mol. The number of methoxy groups -OCH3 is 2. The molecule has 0 bridgehead atoms. The lowest BCUT2D eigenvalue weighted by atomic mass is 10.1. The third-order valence-electron chi connectivity index (χ3n) is 4.10. The summed E-state index contributed by atoms with van der Waals surface area (Å²) >= 11 is 1.33. The van der Waals surface area contributed by atoms with E-state index in [0.717, 1.165) is 16.7 Å². The molecule has 4 aromatic rings. The molecule has 0 aliphatic carbocycles. The van der Waals surface area contributed by atoms with Crippen LogP contribution in [-0.2, 0) is 5.75 Å². The van der Waals surface area contributed by atoms with Crippen LogP contribution in [0.15, 0.2) is 56.6 Å². The first kappa shape index (κ1) is 19.0. The Labute approximate surface area is 171 Å². The fourth-order valence-corrected chi connectivity index (χ4v) is 3.29. The van der Waals surface area contributed by atoms with Gasteiger partial charge in [-0.1, -0.05) is 34.6 Å². The monoisotopic (exact) mass is 410 g/mol. The Morgan fingerprint density at radius 2 is 1.83 bits per heavy atom. The Morgan fingerprint density at radius 3 is 2.62 bits per heavy atom. The quantitative estimate of drug-likeness (QED) is 0.411. The average Bonchev–Trinajstić information content (AvgIpc) is 3.41. The summed E-state index contributed by atoms with van der Waals surface area (Å²) in [6.45, 7) is 2.01. The Balaban J connectivity index is 1.44. The maximum Gasteiger partial charge on any atom is 0.277 e. The van der Waals surface area contributed by atoms with Crippen molar-refractivity contribution in [3.63, 3.8) is 0 Å². The predicted octanol–water partition coefficient (Wildman–Crippen LogP) is 4.40. The number of nitrogens with zero attached hydrogens (tertiary/aromatic N) is 4. The van der Waals surface area contributed by atoms with Crippen molar-refractivity contribution in [2.75, 3.05) is 14.2 Å². The van der Waals surface area contributed by atoms with Crippen LogP contribution in [0.3, 0.4) is 0 Å². The summed E-state index contributed by atoms with van der Waals surface area (Å²) in [5.74, 6) is 3.04. The third-order valence-corrected chi connectivity index (χ3v) is 4.90. The highest BCUT2D eigenvalue weighted by Crippen LogP contribution is 2.32. The Bertz CT molecular complexity index is 1130. The summed E-state index contributed by atoms with van der Waals surface area (Å²) in [6, 6.07) is 13.3. The molecule has 2 aromatic carbocycles. The SMILES string of the molecule is COc1ccc(-c2noc(CSc3nnc(-c4cccc(C)c4)o3)n2)cc1OC. The normalized spacial score (nSPS) is 10.9. The number of hydrogen-bond acceptors (Lipinski definition) is 9. The lowest BCUT2D eigenvalue weighted by Crippen LogP contribution is -1.91. The first-order valence-corrected chi connectivity index (χ1v) is 9.73. The molecule has 148 valence electrons. The van der Waals surface area contributed by atoms with E-state index in [9.17, 15) is 0 Å². The maximum absolute atomic E-state index is 5.71. The van der Waals surface area contributed by atoms with Gasteiger partial charge in [0.2, 0.25) is 17.6 Å². The number of ether oxygens (including phenoxy) is 2. The minimum atomic E-state index is 0.412. The molecule has 8 nitrogen and oxygen atoms in total. The molecule has 0 saturated heterocycles. The van der Waals surface area contributed by atoms with Gasteiger partial charge < -0.3 is 18.4 Å². The molecular formula is C20H18N4O4S. The summed E-state index contributed by atoms with van der Waals surface area (Å²) in [6.07, 6.45) is 0. The van der Waals surface area contributed by atoms with Crippen molar-refractivity contribution in [2.24, 2.45) is 0 Å². The first-order valence-electron chi connectivity index (χ1n) is 8.74. The molecule has 0 radical (unpaired) electrons. The fourth-order valence-electron chi connectivity index (χ4n) is 2.69. The lowest BCUT2D eigenvalue weighted by molar-refractivity contribution is 0.355. The second-order valence-corrected chi connectivity index (χ2v) is 7.04.